The van der Waals surface area contributed by atoms with Crippen LogP contribution in [0.3, 0.4) is 0 Å². The first kappa shape index (κ1) is 37.5. The number of carbonyl (C=O) groups is 4. The van der Waals surface area contributed by atoms with Crippen LogP contribution in [0, 0.1) is 23.7 Å². The van der Waals surface area contributed by atoms with Gasteiger partial charge in [-0.05, 0) is 73.6 Å². The molecule has 9 rings (SSSR count). The number of likely N-dealkylation sites (tertiary alicyclic amines) is 2. The third kappa shape index (κ3) is 6.67. The number of piperidine rings is 2. The quantitative estimate of drug-likeness (QED) is 0.137. The lowest BCUT2D eigenvalue weighted by Crippen LogP contribution is -2.52. The first-order valence-electron chi connectivity index (χ1n) is 20.1. The molecule has 4 fully saturated rings. The number of aromatic amines is 2. The molecule has 0 spiro atoms. The molecule has 58 heavy (non-hydrogen) atoms. The van der Waals surface area contributed by atoms with Gasteiger partial charge in [-0.15, -0.1) is 0 Å². The monoisotopic (exact) mass is 788 g/mol. The number of benzene rings is 2. The molecule has 2 aliphatic carbocycles. The molecule has 5 aromatic rings. The SMILES string of the molecule is COC(=O)N[C@H](C(=O)N1C(c2ncc(-c3ccc4nc(-c5ccc6nc([C@@H]7C[C@H]8C[C@H]8N7C(=O)[C@@H](NC(=O)OC)C(C)C)[nH]c6c5)cnc4c3)[nH]2)C[C@H]2C[C@H]21)C(C)C. The van der Waals surface area contributed by atoms with Crippen LogP contribution >= 0.6 is 0 Å². The number of hydrogen-bond donors (Lipinski definition) is 4. The maximum Gasteiger partial charge on any atom is 0.407 e. The zero-order valence-electron chi connectivity index (χ0n) is 33.4. The van der Waals surface area contributed by atoms with E-state index in [1.54, 1.807) is 12.4 Å². The fraction of sp³-hybridized carbons (Fsp3) is 0.476. The molecule has 302 valence electrons. The Bertz CT molecular complexity index is 2440. The molecular formula is C42H48N10O6. The average molecular weight is 789 g/mol. The lowest BCUT2D eigenvalue weighted by atomic mass is 10.0. The molecular weight excluding hydrogens is 741 g/mol. The van der Waals surface area contributed by atoms with Crippen LogP contribution in [-0.4, -0.2) is 102 Å². The number of imidazole rings is 2. The van der Waals surface area contributed by atoms with Crippen molar-refractivity contribution in [1.82, 2.24) is 50.3 Å². The Hall–Kier alpha value is -6.06. The number of nitrogens with zero attached hydrogens (tertiary/aromatic N) is 6. The zero-order valence-corrected chi connectivity index (χ0v) is 33.4. The highest BCUT2D eigenvalue weighted by molar-refractivity contribution is 5.89. The summed E-state index contributed by atoms with van der Waals surface area (Å²) in [6.45, 7) is 7.65. The topological polar surface area (TPSA) is 200 Å². The largest absolute Gasteiger partial charge is 0.453 e. The predicted molar refractivity (Wildman–Crippen MR) is 213 cm³/mol. The molecule has 16 nitrogen and oxygen atoms in total. The van der Waals surface area contributed by atoms with Crippen molar-refractivity contribution >= 4 is 46.1 Å². The van der Waals surface area contributed by atoms with E-state index in [2.05, 4.69) is 20.6 Å². The van der Waals surface area contributed by atoms with Crippen LogP contribution in [0.4, 0.5) is 9.59 Å². The standard InChI is InChI=1S/C42H48N10O6/c1-19(2)35(49-41(55)57-5)39(53)51-31-13-23(31)15-33(51)37-44-18-30(48-37)21-7-9-25-27(11-21)43-17-29(45-25)22-8-10-26-28(12-22)47-38(46-26)34-16-24-14-32(24)52(34)40(54)36(20(3)4)50-42(56)58-6/h7-12,17-20,23-24,31-36H,13-16H2,1-6H3,(H,44,48)(H,46,47)(H,49,55)(H,50,56)/t23-,24-,31-,32-,33?,34+,35+,36+/m1/s1. The van der Waals surface area contributed by atoms with Crippen LogP contribution in [0.25, 0.3) is 44.6 Å². The lowest BCUT2D eigenvalue weighted by molar-refractivity contribution is -0.137. The summed E-state index contributed by atoms with van der Waals surface area (Å²) < 4.78 is 9.60. The number of rotatable bonds is 10. The van der Waals surface area contributed by atoms with Crippen LogP contribution in [0.1, 0.15) is 77.1 Å². The molecule has 2 saturated carbocycles. The van der Waals surface area contributed by atoms with Gasteiger partial charge >= 0.3 is 12.2 Å². The van der Waals surface area contributed by atoms with E-state index >= 15 is 0 Å². The van der Waals surface area contributed by atoms with Crippen LogP contribution in [0.5, 0.6) is 0 Å². The Morgan fingerprint density at radius 1 is 0.672 bits per heavy atom. The molecule has 16 heteroatoms. The Morgan fingerprint density at radius 2 is 1.26 bits per heavy atom. The number of ether oxygens (including phenoxy) is 2. The number of carbonyl (C=O) groups excluding carboxylic acids is 4. The van der Waals surface area contributed by atoms with Crippen molar-refractivity contribution in [1.29, 1.82) is 0 Å². The second-order valence-corrected chi connectivity index (χ2v) is 16.8. The second-order valence-electron chi connectivity index (χ2n) is 16.8. The van der Waals surface area contributed by atoms with E-state index in [0.29, 0.717) is 17.5 Å². The van der Waals surface area contributed by atoms with Crippen molar-refractivity contribution in [3.8, 4) is 22.5 Å². The van der Waals surface area contributed by atoms with Gasteiger partial charge in [0.05, 0.1) is 72.2 Å². The van der Waals surface area contributed by atoms with Gasteiger partial charge in [-0.2, -0.15) is 0 Å². The summed E-state index contributed by atoms with van der Waals surface area (Å²) in [6, 6.07) is 10.3. The molecule has 8 atom stereocenters. The van der Waals surface area contributed by atoms with Gasteiger partial charge in [-0.3, -0.25) is 14.6 Å². The van der Waals surface area contributed by atoms with E-state index in [1.807, 2.05) is 73.9 Å². The highest BCUT2D eigenvalue weighted by Gasteiger charge is 2.57. The molecule has 3 aromatic heterocycles. The highest BCUT2D eigenvalue weighted by atomic mass is 16.5. The maximum absolute atomic E-state index is 13.9. The van der Waals surface area contributed by atoms with E-state index in [-0.39, 0.29) is 47.8 Å². The van der Waals surface area contributed by atoms with Crippen molar-refractivity contribution in [2.45, 2.75) is 89.6 Å². The Morgan fingerprint density at radius 3 is 1.86 bits per heavy atom. The summed E-state index contributed by atoms with van der Waals surface area (Å²) in [6.07, 6.45) is 5.86. The number of fused-ring (bicyclic) bond motifs is 4. The van der Waals surface area contributed by atoms with Gasteiger partial charge in [0, 0.05) is 23.2 Å². The zero-order chi connectivity index (χ0) is 40.6. The molecule has 2 saturated heterocycles. The Balaban J connectivity index is 0.923. The van der Waals surface area contributed by atoms with E-state index in [4.69, 9.17) is 29.4 Å². The van der Waals surface area contributed by atoms with E-state index in [9.17, 15) is 19.2 Å². The first-order valence-corrected chi connectivity index (χ1v) is 20.1. The number of hydrogen-bond acceptors (Lipinski definition) is 10. The van der Waals surface area contributed by atoms with Crippen LogP contribution < -0.4 is 10.6 Å². The summed E-state index contributed by atoms with van der Waals surface area (Å²) >= 11 is 0. The van der Waals surface area contributed by atoms with Crippen LogP contribution in [0.15, 0.2) is 48.8 Å². The maximum atomic E-state index is 13.9. The number of alkyl carbamates (subject to hydrolysis) is 2. The molecule has 2 aliphatic heterocycles. The predicted octanol–water partition coefficient (Wildman–Crippen LogP) is 5.65. The minimum atomic E-state index is -0.697. The lowest BCUT2D eigenvalue weighted by Gasteiger charge is -2.31. The molecule has 0 bridgehead atoms. The molecule has 4 amide bonds. The highest BCUT2D eigenvalue weighted by Crippen LogP contribution is 2.54. The smallest absolute Gasteiger partial charge is 0.407 e. The van der Waals surface area contributed by atoms with E-state index < -0.39 is 24.3 Å². The van der Waals surface area contributed by atoms with Gasteiger partial charge in [0.15, 0.2) is 0 Å². The van der Waals surface area contributed by atoms with Gasteiger partial charge in [-0.1, -0.05) is 39.8 Å². The molecule has 0 radical (unpaired) electrons. The fourth-order valence-electron chi connectivity index (χ4n) is 9.07. The fourth-order valence-corrected chi connectivity index (χ4v) is 9.07. The number of H-pyrrole nitrogens is 2. The van der Waals surface area contributed by atoms with Crippen molar-refractivity contribution in [2.24, 2.45) is 23.7 Å². The Kier molecular flexibility index (Phi) is 9.31. The van der Waals surface area contributed by atoms with Crippen LogP contribution in [0.2, 0.25) is 0 Å². The normalized spacial score (nSPS) is 24.1. The Labute approximate surface area is 334 Å². The van der Waals surface area contributed by atoms with Crippen LogP contribution in [-0.2, 0) is 19.1 Å². The van der Waals surface area contributed by atoms with Crippen molar-refractivity contribution < 1.29 is 28.7 Å². The van der Waals surface area contributed by atoms with Gasteiger partial charge in [0.1, 0.15) is 23.7 Å². The first-order chi connectivity index (χ1) is 27.9. The summed E-state index contributed by atoms with van der Waals surface area (Å²) in [4.78, 5) is 82.0. The van der Waals surface area contributed by atoms with Gasteiger partial charge < -0.3 is 39.9 Å². The summed E-state index contributed by atoms with van der Waals surface area (Å²) in [7, 11) is 2.59. The van der Waals surface area contributed by atoms with Gasteiger partial charge in [0.25, 0.3) is 0 Å². The number of aromatic nitrogens is 6. The minimum Gasteiger partial charge on any atom is -0.453 e. The summed E-state index contributed by atoms with van der Waals surface area (Å²) in [5.41, 5.74) is 6.36. The summed E-state index contributed by atoms with van der Waals surface area (Å²) in [5.74, 6) is 1.83. The van der Waals surface area contributed by atoms with Crippen molar-refractivity contribution in [3.63, 3.8) is 0 Å². The van der Waals surface area contributed by atoms with Crippen molar-refractivity contribution in [2.75, 3.05) is 14.2 Å². The molecule has 1 unspecified atom stereocenters. The van der Waals surface area contributed by atoms with E-state index in [0.717, 1.165) is 76.2 Å². The van der Waals surface area contributed by atoms with E-state index in [1.165, 1.54) is 14.2 Å². The third-order valence-corrected chi connectivity index (χ3v) is 12.4. The number of nitrogens with one attached hydrogen (secondary N) is 4. The number of amides is 4. The van der Waals surface area contributed by atoms with Gasteiger partial charge in [-0.25, -0.2) is 24.5 Å². The molecule has 4 aliphatic rings. The molecule has 4 N–H and O–H groups in total. The average Bonchev–Trinajstić information content (AvgIpc) is 3.84. The minimum absolute atomic E-state index is 0.113. The number of methoxy groups -OCH3 is 2. The summed E-state index contributed by atoms with van der Waals surface area (Å²) in [5, 5.41) is 5.46. The van der Waals surface area contributed by atoms with Gasteiger partial charge in [0.2, 0.25) is 11.8 Å². The van der Waals surface area contributed by atoms with Crippen molar-refractivity contribution in [3.05, 3.63) is 60.4 Å². The third-order valence-electron chi connectivity index (χ3n) is 12.4. The molecule has 5 heterocycles. The second kappa shape index (κ2) is 14.4. The molecule has 2 aromatic carbocycles.